The molecular formula is C16H22FNO5S. The number of hydrogen-bond donors (Lipinski definition) is 1. The predicted octanol–water partition coefficient (Wildman–Crippen LogP) is 1.84. The van der Waals surface area contributed by atoms with E-state index in [4.69, 9.17) is 14.2 Å². The lowest BCUT2D eigenvalue weighted by molar-refractivity contribution is -0.156. The fraction of sp³-hybridized carbons (Fsp3) is 0.625. The van der Waals surface area contributed by atoms with Gasteiger partial charge in [0.15, 0.2) is 11.6 Å². The summed E-state index contributed by atoms with van der Waals surface area (Å²) in [7, 11) is -3.79. The fourth-order valence-corrected chi connectivity index (χ4v) is 4.48. The van der Waals surface area contributed by atoms with Crippen LogP contribution < -0.4 is 9.46 Å². The summed E-state index contributed by atoms with van der Waals surface area (Å²) in [6, 6.07) is 3.43. The lowest BCUT2D eigenvalue weighted by Gasteiger charge is -2.38. The molecule has 1 aliphatic heterocycles. The minimum absolute atomic E-state index is 0.0439. The molecule has 1 saturated heterocycles. The van der Waals surface area contributed by atoms with Crippen molar-refractivity contribution in [3.63, 3.8) is 0 Å². The highest BCUT2D eigenvalue weighted by molar-refractivity contribution is 7.89. The third kappa shape index (κ3) is 3.88. The molecule has 0 amide bonds. The van der Waals surface area contributed by atoms with E-state index in [0.29, 0.717) is 32.7 Å². The molecule has 8 heteroatoms. The minimum Gasteiger partial charge on any atom is -0.491 e. The van der Waals surface area contributed by atoms with E-state index >= 15 is 0 Å². The lowest BCUT2D eigenvalue weighted by Crippen LogP contribution is -2.49. The monoisotopic (exact) mass is 359 g/mol. The molecule has 1 N–H and O–H groups in total. The van der Waals surface area contributed by atoms with Gasteiger partial charge in [0.1, 0.15) is 0 Å². The summed E-state index contributed by atoms with van der Waals surface area (Å²) in [5.74, 6) is -0.642. The van der Waals surface area contributed by atoms with E-state index in [2.05, 4.69) is 4.72 Å². The predicted molar refractivity (Wildman–Crippen MR) is 85.0 cm³/mol. The standard InChI is InChI=1S/C16H22FNO5S/c1-2-21-14-6-4-12(10-13(14)17)24(19,20)18-11-3-5-15-16(9-11)23-8-7-22-15/h4,6,10-11,15-16,18H,2-3,5,7-9H2,1H3/t11-,15+,16-/m1/s1. The van der Waals surface area contributed by atoms with Crippen molar-refractivity contribution < 1.29 is 27.0 Å². The highest BCUT2D eigenvalue weighted by atomic mass is 32.2. The van der Waals surface area contributed by atoms with E-state index in [1.807, 2.05) is 0 Å². The third-order valence-electron chi connectivity index (χ3n) is 4.31. The number of fused-ring (bicyclic) bond motifs is 1. The molecule has 0 unspecified atom stereocenters. The average molecular weight is 359 g/mol. The van der Waals surface area contributed by atoms with Gasteiger partial charge in [-0.25, -0.2) is 17.5 Å². The van der Waals surface area contributed by atoms with Crippen molar-refractivity contribution in [2.24, 2.45) is 0 Å². The van der Waals surface area contributed by atoms with E-state index < -0.39 is 15.8 Å². The number of hydrogen-bond acceptors (Lipinski definition) is 5. The highest BCUT2D eigenvalue weighted by Gasteiger charge is 2.35. The summed E-state index contributed by atoms with van der Waals surface area (Å²) in [6.07, 6.45) is 1.93. The van der Waals surface area contributed by atoms with Crippen LogP contribution in [0.4, 0.5) is 4.39 Å². The van der Waals surface area contributed by atoms with Crippen molar-refractivity contribution in [1.82, 2.24) is 4.72 Å². The molecule has 0 aromatic heterocycles. The van der Waals surface area contributed by atoms with E-state index in [1.165, 1.54) is 12.1 Å². The number of rotatable bonds is 5. The van der Waals surface area contributed by atoms with Gasteiger partial charge in [-0.2, -0.15) is 0 Å². The Balaban J connectivity index is 1.68. The lowest BCUT2D eigenvalue weighted by atomic mass is 9.90. The molecule has 3 rings (SSSR count). The Morgan fingerprint density at radius 3 is 2.71 bits per heavy atom. The molecule has 6 nitrogen and oxygen atoms in total. The second-order valence-electron chi connectivity index (χ2n) is 5.97. The van der Waals surface area contributed by atoms with Crippen LogP contribution in [0.2, 0.25) is 0 Å². The number of nitrogens with one attached hydrogen (secondary N) is 1. The molecule has 1 saturated carbocycles. The summed E-state index contributed by atoms with van der Waals surface area (Å²) < 4.78 is 57.9. The van der Waals surface area contributed by atoms with Crippen molar-refractivity contribution >= 4 is 10.0 Å². The molecule has 2 fully saturated rings. The number of ether oxygens (including phenoxy) is 3. The first-order chi connectivity index (χ1) is 11.5. The van der Waals surface area contributed by atoms with E-state index in [0.717, 1.165) is 12.5 Å². The largest absolute Gasteiger partial charge is 0.491 e. The molecule has 0 spiro atoms. The number of benzene rings is 1. The van der Waals surface area contributed by atoms with Gasteiger partial charge in [0.05, 0.1) is 36.9 Å². The van der Waals surface area contributed by atoms with Gasteiger partial charge in [-0.1, -0.05) is 0 Å². The average Bonchev–Trinajstić information content (AvgIpc) is 2.56. The Hall–Kier alpha value is -1.22. The third-order valence-corrected chi connectivity index (χ3v) is 5.83. The maximum Gasteiger partial charge on any atom is 0.240 e. The molecule has 0 radical (unpaired) electrons. The normalized spacial score (nSPS) is 27.5. The van der Waals surface area contributed by atoms with Crippen LogP contribution in [0.3, 0.4) is 0 Å². The van der Waals surface area contributed by atoms with E-state index in [9.17, 15) is 12.8 Å². The first-order valence-electron chi connectivity index (χ1n) is 8.17. The smallest absolute Gasteiger partial charge is 0.240 e. The van der Waals surface area contributed by atoms with Crippen molar-refractivity contribution in [2.75, 3.05) is 19.8 Å². The van der Waals surface area contributed by atoms with Crippen LogP contribution in [0.5, 0.6) is 5.75 Å². The van der Waals surface area contributed by atoms with Gasteiger partial charge in [-0.3, -0.25) is 0 Å². The number of halogens is 1. The van der Waals surface area contributed by atoms with Gasteiger partial charge in [-0.15, -0.1) is 0 Å². The van der Waals surface area contributed by atoms with E-state index in [-0.39, 0.29) is 28.9 Å². The topological polar surface area (TPSA) is 73.9 Å². The molecular weight excluding hydrogens is 337 g/mol. The Morgan fingerprint density at radius 1 is 1.25 bits per heavy atom. The van der Waals surface area contributed by atoms with Gasteiger partial charge in [0, 0.05) is 6.04 Å². The van der Waals surface area contributed by atoms with Crippen molar-refractivity contribution in [1.29, 1.82) is 0 Å². The molecule has 1 heterocycles. The highest BCUT2D eigenvalue weighted by Crippen LogP contribution is 2.28. The fourth-order valence-electron chi connectivity index (χ4n) is 3.18. The minimum atomic E-state index is -3.79. The van der Waals surface area contributed by atoms with Crippen molar-refractivity contribution in [3.05, 3.63) is 24.0 Å². The van der Waals surface area contributed by atoms with Gasteiger partial charge in [0.25, 0.3) is 0 Å². The van der Waals surface area contributed by atoms with Crippen LogP contribution in [-0.4, -0.2) is 46.5 Å². The van der Waals surface area contributed by atoms with Crippen LogP contribution in [0.1, 0.15) is 26.2 Å². The summed E-state index contributed by atoms with van der Waals surface area (Å²) >= 11 is 0. The van der Waals surface area contributed by atoms with Gasteiger partial charge in [0.2, 0.25) is 10.0 Å². The summed E-state index contributed by atoms with van der Waals surface area (Å²) in [5, 5.41) is 0. The second-order valence-corrected chi connectivity index (χ2v) is 7.69. The second kappa shape index (κ2) is 7.35. The SMILES string of the molecule is CCOc1ccc(S(=O)(=O)N[C@@H]2CC[C@@H]3OCCO[C@@H]3C2)cc1F. The van der Waals surface area contributed by atoms with Gasteiger partial charge >= 0.3 is 0 Å². The van der Waals surface area contributed by atoms with Gasteiger partial charge < -0.3 is 14.2 Å². The zero-order valence-corrected chi connectivity index (χ0v) is 14.4. The quantitative estimate of drug-likeness (QED) is 0.868. The van der Waals surface area contributed by atoms with Crippen molar-refractivity contribution in [3.8, 4) is 5.75 Å². The molecule has 24 heavy (non-hydrogen) atoms. The molecule has 134 valence electrons. The Labute approximate surface area is 141 Å². The zero-order valence-electron chi connectivity index (χ0n) is 13.5. The molecule has 0 bridgehead atoms. The summed E-state index contributed by atoms with van der Waals surface area (Å²) in [6.45, 7) is 3.17. The van der Waals surface area contributed by atoms with Crippen LogP contribution in [0.25, 0.3) is 0 Å². The van der Waals surface area contributed by atoms with Crippen molar-refractivity contribution in [2.45, 2.75) is 49.3 Å². The Morgan fingerprint density at radius 2 is 2.00 bits per heavy atom. The molecule has 2 aliphatic rings. The Kier molecular flexibility index (Phi) is 5.39. The molecule has 1 aromatic rings. The molecule has 1 aromatic carbocycles. The van der Waals surface area contributed by atoms with E-state index in [1.54, 1.807) is 6.92 Å². The van der Waals surface area contributed by atoms with Gasteiger partial charge in [-0.05, 0) is 44.4 Å². The molecule has 1 aliphatic carbocycles. The maximum atomic E-state index is 13.9. The zero-order chi connectivity index (χ0) is 17.2. The maximum absolute atomic E-state index is 13.9. The first kappa shape index (κ1) is 17.6. The Bertz CT molecular complexity index is 681. The summed E-state index contributed by atoms with van der Waals surface area (Å²) in [5.41, 5.74) is 0. The van der Waals surface area contributed by atoms with Crippen LogP contribution in [0.15, 0.2) is 23.1 Å². The van der Waals surface area contributed by atoms with Crippen LogP contribution >= 0.6 is 0 Å². The van der Waals surface area contributed by atoms with Crippen LogP contribution in [-0.2, 0) is 19.5 Å². The first-order valence-corrected chi connectivity index (χ1v) is 9.66. The van der Waals surface area contributed by atoms with Crippen LogP contribution in [0, 0.1) is 5.82 Å². The summed E-state index contributed by atoms with van der Waals surface area (Å²) in [4.78, 5) is -0.105. The molecule has 3 atom stereocenters. The number of sulfonamides is 1.